The largest absolute Gasteiger partial charge is 0.479 e. The maximum atomic E-state index is 12.7. The highest BCUT2D eigenvalue weighted by Gasteiger charge is 2.37. The number of aliphatic carboxylic acids is 1. The van der Waals surface area contributed by atoms with Gasteiger partial charge in [0.15, 0.2) is 6.04 Å². The molecule has 6 heteroatoms. The molecule has 1 heterocycles. The number of nitrogens with zero attached hydrogens (tertiary/aromatic N) is 1. The average molecular weight is 380 g/mol. The SMILES string of the molecule is Cc1cc(C)c(N2CC(C(=O)N[C@@H](C(=O)O)c3ccccc3)CC2=O)c(C)c1. The molecule has 2 amide bonds. The van der Waals surface area contributed by atoms with Gasteiger partial charge < -0.3 is 15.3 Å². The van der Waals surface area contributed by atoms with Crippen LogP contribution in [0, 0.1) is 26.7 Å². The summed E-state index contributed by atoms with van der Waals surface area (Å²) in [7, 11) is 0. The molecule has 1 saturated heterocycles. The number of hydrogen-bond donors (Lipinski definition) is 2. The molecule has 6 nitrogen and oxygen atoms in total. The fourth-order valence-corrected chi connectivity index (χ4v) is 3.89. The molecule has 0 aromatic heterocycles. The van der Waals surface area contributed by atoms with E-state index in [1.165, 1.54) is 0 Å². The van der Waals surface area contributed by atoms with Crippen LogP contribution >= 0.6 is 0 Å². The predicted molar refractivity (Wildman–Crippen MR) is 106 cm³/mol. The van der Waals surface area contributed by atoms with Gasteiger partial charge >= 0.3 is 5.97 Å². The number of carboxylic acids is 1. The number of anilines is 1. The number of carbonyl (C=O) groups excluding carboxylic acids is 2. The Balaban J connectivity index is 1.78. The molecule has 0 bridgehead atoms. The van der Waals surface area contributed by atoms with E-state index in [-0.39, 0.29) is 18.9 Å². The van der Waals surface area contributed by atoms with Crippen LogP contribution in [0.25, 0.3) is 0 Å². The van der Waals surface area contributed by atoms with Crippen molar-refractivity contribution in [3.05, 3.63) is 64.7 Å². The van der Waals surface area contributed by atoms with Gasteiger partial charge in [-0.15, -0.1) is 0 Å². The van der Waals surface area contributed by atoms with Crippen molar-refractivity contribution in [2.24, 2.45) is 5.92 Å². The van der Waals surface area contributed by atoms with Crippen molar-refractivity contribution in [1.82, 2.24) is 5.32 Å². The van der Waals surface area contributed by atoms with Crippen molar-refractivity contribution in [2.45, 2.75) is 33.2 Å². The molecule has 3 rings (SSSR count). The van der Waals surface area contributed by atoms with E-state index >= 15 is 0 Å². The van der Waals surface area contributed by atoms with E-state index in [4.69, 9.17) is 0 Å². The molecule has 2 N–H and O–H groups in total. The molecule has 1 unspecified atom stereocenters. The Morgan fingerprint density at radius 1 is 1.11 bits per heavy atom. The minimum absolute atomic E-state index is 0.0692. The van der Waals surface area contributed by atoms with E-state index in [2.05, 4.69) is 5.32 Å². The van der Waals surface area contributed by atoms with E-state index in [1.54, 1.807) is 35.2 Å². The van der Waals surface area contributed by atoms with Gasteiger partial charge in [-0.2, -0.15) is 0 Å². The first-order valence-electron chi connectivity index (χ1n) is 9.24. The van der Waals surface area contributed by atoms with Crippen LogP contribution in [-0.4, -0.2) is 29.4 Å². The van der Waals surface area contributed by atoms with Crippen molar-refractivity contribution < 1.29 is 19.5 Å². The second-order valence-corrected chi connectivity index (χ2v) is 7.34. The number of hydrogen-bond acceptors (Lipinski definition) is 3. The Hall–Kier alpha value is -3.15. The van der Waals surface area contributed by atoms with Gasteiger partial charge in [-0.1, -0.05) is 48.0 Å². The van der Waals surface area contributed by atoms with Crippen LogP contribution in [0.15, 0.2) is 42.5 Å². The average Bonchev–Trinajstić information content (AvgIpc) is 3.01. The lowest BCUT2D eigenvalue weighted by atomic mass is 10.0. The minimum atomic E-state index is -1.14. The van der Waals surface area contributed by atoms with E-state index < -0.39 is 23.8 Å². The van der Waals surface area contributed by atoms with Crippen LogP contribution in [0.3, 0.4) is 0 Å². The van der Waals surface area contributed by atoms with Crippen LogP contribution in [0.1, 0.15) is 34.7 Å². The Morgan fingerprint density at radius 2 is 1.71 bits per heavy atom. The smallest absolute Gasteiger partial charge is 0.330 e. The monoisotopic (exact) mass is 380 g/mol. The summed E-state index contributed by atoms with van der Waals surface area (Å²) < 4.78 is 0. The van der Waals surface area contributed by atoms with Crippen molar-refractivity contribution in [2.75, 3.05) is 11.4 Å². The minimum Gasteiger partial charge on any atom is -0.479 e. The van der Waals surface area contributed by atoms with Crippen molar-refractivity contribution in [1.29, 1.82) is 0 Å². The Kier molecular flexibility index (Phi) is 5.49. The van der Waals surface area contributed by atoms with Crippen molar-refractivity contribution >= 4 is 23.5 Å². The molecular formula is C22H24N2O4. The maximum absolute atomic E-state index is 12.7. The Bertz CT molecular complexity index is 900. The van der Waals surface area contributed by atoms with Gasteiger partial charge in [-0.05, 0) is 37.5 Å². The molecule has 0 saturated carbocycles. The predicted octanol–water partition coefficient (Wildman–Crippen LogP) is 2.91. The molecule has 0 radical (unpaired) electrons. The van der Waals surface area contributed by atoms with Gasteiger partial charge in [-0.25, -0.2) is 4.79 Å². The first kappa shape index (κ1) is 19.6. The molecule has 146 valence electrons. The number of carboxylic acid groups (broad SMARTS) is 1. The highest BCUT2D eigenvalue weighted by atomic mass is 16.4. The summed E-state index contributed by atoms with van der Waals surface area (Å²) in [5.74, 6) is -2.26. The van der Waals surface area contributed by atoms with E-state index in [1.807, 2.05) is 32.9 Å². The third-order valence-electron chi connectivity index (χ3n) is 5.07. The van der Waals surface area contributed by atoms with Gasteiger partial charge in [0.05, 0.1) is 5.92 Å². The fraction of sp³-hybridized carbons (Fsp3) is 0.318. The molecule has 1 aliphatic rings. The Labute approximate surface area is 164 Å². The lowest BCUT2D eigenvalue weighted by Gasteiger charge is -2.22. The summed E-state index contributed by atoms with van der Waals surface area (Å²) >= 11 is 0. The third-order valence-corrected chi connectivity index (χ3v) is 5.07. The number of carbonyl (C=O) groups is 3. The second kappa shape index (κ2) is 7.84. The Morgan fingerprint density at radius 3 is 2.29 bits per heavy atom. The molecule has 2 aromatic carbocycles. The van der Waals surface area contributed by atoms with E-state index in [0.717, 1.165) is 22.4 Å². The second-order valence-electron chi connectivity index (χ2n) is 7.34. The number of benzene rings is 2. The summed E-state index contributed by atoms with van der Waals surface area (Å²) in [6.45, 7) is 6.15. The normalized spacial score (nSPS) is 17.5. The van der Waals surface area contributed by atoms with Gasteiger partial charge in [0.25, 0.3) is 0 Å². The molecule has 2 aromatic rings. The zero-order valence-corrected chi connectivity index (χ0v) is 16.2. The van der Waals surface area contributed by atoms with E-state index in [0.29, 0.717) is 5.56 Å². The summed E-state index contributed by atoms with van der Waals surface area (Å²) in [4.78, 5) is 38.6. The first-order valence-corrected chi connectivity index (χ1v) is 9.24. The topological polar surface area (TPSA) is 86.7 Å². The summed E-state index contributed by atoms with van der Waals surface area (Å²) in [5, 5.41) is 12.1. The highest BCUT2D eigenvalue weighted by Crippen LogP contribution is 2.32. The number of rotatable bonds is 5. The molecule has 2 atom stereocenters. The standard InChI is InChI=1S/C22H24N2O4/c1-13-9-14(2)20(15(3)10-13)24-12-17(11-18(24)25)21(26)23-19(22(27)28)16-7-5-4-6-8-16/h4-10,17,19H,11-12H2,1-3H3,(H,23,26)(H,27,28)/t17?,19-/m1/s1. The zero-order valence-electron chi connectivity index (χ0n) is 16.2. The van der Waals surface area contributed by atoms with Gasteiger partial charge in [0.1, 0.15) is 0 Å². The van der Waals surface area contributed by atoms with Crippen LogP contribution in [0.4, 0.5) is 5.69 Å². The number of nitrogens with one attached hydrogen (secondary N) is 1. The van der Waals surface area contributed by atoms with Gasteiger partial charge in [0.2, 0.25) is 11.8 Å². The highest BCUT2D eigenvalue weighted by molar-refractivity contribution is 6.01. The van der Waals surface area contributed by atoms with Crippen LogP contribution < -0.4 is 10.2 Å². The van der Waals surface area contributed by atoms with Crippen LogP contribution in [-0.2, 0) is 14.4 Å². The lowest BCUT2D eigenvalue weighted by Crippen LogP contribution is -2.38. The first-order chi connectivity index (χ1) is 13.3. The molecule has 1 aliphatic heterocycles. The number of aryl methyl sites for hydroxylation is 3. The van der Waals surface area contributed by atoms with Crippen LogP contribution in [0.2, 0.25) is 0 Å². The van der Waals surface area contributed by atoms with Gasteiger partial charge in [0, 0.05) is 18.7 Å². The lowest BCUT2D eigenvalue weighted by molar-refractivity contribution is -0.142. The quantitative estimate of drug-likeness (QED) is 0.835. The van der Waals surface area contributed by atoms with Crippen molar-refractivity contribution in [3.63, 3.8) is 0 Å². The zero-order chi connectivity index (χ0) is 20.4. The summed E-state index contributed by atoms with van der Waals surface area (Å²) in [6.07, 6.45) is 0.0692. The van der Waals surface area contributed by atoms with E-state index in [9.17, 15) is 19.5 Å². The summed E-state index contributed by atoms with van der Waals surface area (Å²) in [5.41, 5.74) is 4.42. The molecule has 0 aliphatic carbocycles. The molecule has 28 heavy (non-hydrogen) atoms. The number of amides is 2. The maximum Gasteiger partial charge on any atom is 0.330 e. The molecule has 0 spiro atoms. The fourth-order valence-electron chi connectivity index (χ4n) is 3.89. The van der Waals surface area contributed by atoms with Gasteiger partial charge in [-0.3, -0.25) is 9.59 Å². The molecular weight excluding hydrogens is 356 g/mol. The third kappa shape index (κ3) is 3.91. The summed E-state index contributed by atoms with van der Waals surface area (Å²) in [6, 6.07) is 11.4. The molecule has 1 fully saturated rings. The van der Waals surface area contributed by atoms with Crippen molar-refractivity contribution in [3.8, 4) is 0 Å². The van der Waals surface area contributed by atoms with Crippen LogP contribution in [0.5, 0.6) is 0 Å².